The number of carbonyl (C=O) groups excluding carboxylic acids is 2. The Kier molecular flexibility index (Phi) is 7.83. The molecule has 36 heavy (non-hydrogen) atoms. The molecule has 1 unspecified atom stereocenters. The predicted molar refractivity (Wildman–Crippen MR) is 157 cm³/mol. The van der Waals surface area contributed by atoms with E-state index in [0.29, 0.717) is 11.5 Å². The molecule has 0 aliphatic carbocycles. The van der Waals surface area contributed by atoms with Crippen molar-refractivity contribution < 1.29 is 14.3 Å². The predicted octanol–water partition coefficient (Wildman–Crippen LogP) is 7.73. The number of benzene rings is 2. The molecule has 0 saturated carbocycles. The van der Waals surface area contributed by atoms with E-state index in [2.05, 4.69) is 0 Å². The first-order chi connectivity index (χ1) is 17.1. The van der Waals surface area contributed by atoms with Gasteiger partial charge in [0.25, 0.3) is 0 Å². The standard InChI is InChI=1S/C29H31NO3S3/c1-7-17(3)27(32)30-22-15-14-20(33-8-2)16-21(22)23(26(34)29(30,5)6)28-35-24(18(4)31)25(36-28)19-12-10-9-11-13-19/h9-17H,7-8H2,1-6H3. The van der Waals surface area contributed by atoms with Crippen molar-refractivity contribution in [3.8, 4) is 5.75 Å². The van der Waals surface area contributed by atoms with Crippen molar-refractivity contribution in [2.24, 2.45) is 5.92 Å². The van der Waals surface area contributed by atoms with Crippen LogP contribution in [0.25, 0.3) is 10.5 Å². The summed E-state index contributed by atoms with van der Waals surface area (Å²) in [6.07, 6.45) is 0.747. The van der Waals surface area contributed by atoms with E-state index in [1.807, 2.05) is 88.0 Å². The summed E-state index contributed by atoms with van der Waals surface area (Å²) in [5.41, 5.74) is 2.89. The van der Waals surface area contributed by atoms with Crippen molar-refractivity contribution in [1.29, 1.82) is 0 Å². The largest absolute Gasteiger partial charge is 0.494 e. The van der Waals surface area contributed by atoms with Crippen LogP contribution in [0.3, 0.4) is 0 Å². The van der Waals surface area contributed by atoms with Gasteiger partial charge in [-0.3, -0.25) is 9.59 Å². The van der Waals surface area contributed by atoms with Gasteiger partial charge in [-0.15, -0.1) is 0 Å². The van der Waals surface area contributed by atoms with E-state index < -0.39 is 5.54 Å². The highest BCUT2D eigenvalue weighted by Gasteiger charge is 2.46. The minimum absolute atomic E-state index is 0.0276. The number of thiocarbonyl (C=S) groups is 1. The van der Waals surface area contributed by atoms with E-state index in [1.54, 1.807) is 18.7 Å². The smallest absolute Gasteiger partial charge is 0.230 e. The van der Waals surface area contributed by atoms with E-state index in [0.717, 1.165) is 48.6 Å². The molecule has 0 spiro atoms. The molecule has 2 aromatic rings. The van der Waals surface area contributed by atoms with Crippen molar-refractivity contribution in [2.45, 2.75) is 53.5 Å². The number of allylic oxidation sites excluding steroid dienone is 1. The fourth-order valence-corrected chi connectivity index (χ4v) is 7.59. The fraction of sp³-hybridized carbons (Fsp3) is 0.345. The molecule has 188 valence electrons. The summed E-state index contributed by atoms with van der Waals surface area (Å²) in [6.45, 7) is 12.1. The molecule has 0 bridgehead atoms. The van der Waals surface area contributed by atoms with Gasteiger partial charge in [0.05, 0.1) is 31.8 Å². The molecule has 1 atom stereocenters. The molecule has 0 saturated heterocycles. The van der Waals surface area contributed by atoms with Crippen LogP contribution in [0.2, 0.25) is 0 Å². The van der Waals surface area contributed by atoms with E-state index >= 15 is 0 Å². The van der Waals surface area contributed by atoms with Crippen LogP contribution < -0.4 is 9.64 Å². The number of ketones is 1. The minimum atomic E-state index is -0.717. The molecule has 0 N–H and O–H groups in total. The van der Waals surface area contributed by atoms with Crippen LogP contribution in [-0.4, -0.2) is 28.7 Å². The van der Waals surface area contributed by atoms with Gasteiger partial charge in [0.15, 0.2) is 5.78 Å². The number of ether oxygens (including phenoxy) is 1. The summed E-state index contributed by atoms with van der Waals surface area (Å²) >= 11 is 9.20. The molecule has 7 heteroatoms. The highest BCUT2D eigenvalue weighted by molar-refractivity contribution is 8.32. The quantitative estimate of drug-likeness (QED) is 0.278. The number of thioether (sulfide) groups is 2. The Morgan fingerprint density at radius 3 is 2.39 bits per heavy atom. The third-order valence-corrected chi connectivity index (χ3v) is 9.99. The van der Waals surface area contributed by atoms with Crippen molar-refractivity contribution in [2.75, 3.05) is 11.5 Å². The molecule has 4 nitrogen and oxygen atoms in total. The second kappa shape index (κ2) is 10.6. The lowest BCUT2D eigenvalue weighted by Crippen LogP contribution is -2.57. The van der Waals surface area contributed by atoms with Gasteiger partial charge in [0.2, 0.25) is 5.91 Å². The minimum Gasteiger partial charge on any atom is -0.494 e. The molecule has 0 radical (unpaired) electrons. The van der Waals surface area contributed by atoms with Crippen LogP contribution in [0.1, 0.15) is 59.1 Å². The van der Waals surface area contributed by atoms with E-state index in [-0.39, 0.29) is 17.6 Å². The second-order valence-electron chi connectivity index (χ2n) is 9.43. The van der Waals surface area contributed by atoms with Crippen molar-refractivity contribution in [3.63, 3.8) is 0 Å². The highest BCUT2D eigenvalue weighted by Crippen LogP contribution is 2.58. The first kappa shape index (κ1) is 26.7. The number of hydrogen-bond acceptors (Lipinski definition) is 6. The summed E-state index contributed by atoms with van der Waals surface area (Å²) in [6, 6.07) is 15.8. The maximum absolute atomic E-state index is 13.6. The maximum Gasteiger partial charge on any atom is 0.230 e. The zero-order chi connectivity index (χ0) is 26.2. The number of carbonyl (C=O) groups is 2. The fourth-order valence-electron chi connectivity index (χ4n) is 4.40. The van der Waals surface area contributed by atoms with Gasteiger partial charge in [0, 0.05) is 22.0 Å². The molecule has 2 aliphatic heterocycles. The Labute approximate surface area is 227 Å². The van der Waals surface area contributed by atoms with Crippen molar-refractivity contribution >= 4 is 68.5 Å². The number of nitrogens with zero attached hydrogens (tertiary/aromatic N) is 1. The van der Waals surface area contributed by atoms with Crippen molar-refractivity contribution in [3.05, 3.63) is 68.8 Å². The van der Waals surface area contributed by atoms with E-state index in [4.69, 9.17) is 17.0 Å². The highest BCUT2D eigenvalue weighted by atomic mass is 32.2. The molecular formula is C29H31NO3S3. The van der Waals surface area contributed by atoms with Crippen LogP contribution in [0.15, 0.2) is 57.7 Å². The topological polar surface area (TPSA) is 46.6 Å². The zero-order valence-electron chi connectivity index (χ0n) is 21.5. The summed E-state index contributed by atoms with van der Waals surface area (Å²) in [7, 11) is 0. The first-order valence-corrected chi connectivity index (χ1v) is 14.2. The Balaban J connectivity index is 1.94. The normalized spacial score (nSPS) is 19.8. The van der Waals surface area contributed by atoms with Gasteiger partial charge in [0.1, 0.15) is 5.75 Å². The summed E-state index contributed by atoms with van der Waals surface area (Å²) < 4.78 is 6.80. The van der Waals surface area contributed by atoms with Gasteiger partial charge in [-0.05, 0) is 57.9 Å². The lowest BCUT2D eigenvalue weighted by atomic mass is 9.82. The van der Waals surface area contributed by atoms with Crippen LogP contribution in [0.5, 0.6) is 5.75 Å². The summed E-state index contributed by atoms with van der Waals surface area (Å²) in [5, 5.41) is 0. The Morgan fingerprint density at radius 2 is 1.78 bits per heavy atom. The SMILES string of the molecule is CCOc1ccc2c(c1)C(=C1SC(C(C)=O)=C(c3ccccc3)S1)C(=S)C(C)(C)N2C(=O)C(C)CC. The molecule has 0 fully saturated rings. The maximum atomic E-state index is 13.6. The number of fused-ring (bicyclic) bond motifs is 1. The summed E-state index contributed by atoms with van der Waals surface area (Å²) in [5.74, 6) is 0.675. The number of hydrogen-bond donors (Lipinski definition) is 0. The number of amides is 1. The van der Waals surface area contributed by atoms with Crippen LogP contribution in [0.4, 0.5) is 5.69 Å². The van der Waals surface area contributed by atoms with Crippen LogP contribution >= 0.6 is 35.7 Å². The second-order valence-corrected chi connectivity index (χ2v) is 12.1. The molecule has 2 aromatic carbocycles. The van der Waals surface area contributed by atoms with Gasteiger partial charge in [-0.2, -0.15) is 0 Å². The number of rotatable bonds is 6. The van der Waals surface area contributed by atoms with Gasteiger partial charge >= 0.3 is 0 Å². The summed E-state index contributed by atoms with van der Waals surface area (Å²) in [4.78, 5) is 30.5. The number of anilines is 1. The van der Waals surface area contributed by atoms with Crippen molar-refractivity contribution in [1.82, 2.24) is 0 Å². The Hall–Kier alpha value is -2.35. The molecular weight excluding hydrogens is 507 g/mol. The monoisotopic (exact) mass is 537 g/mol. The first-order valence-electron chi connectivity index (χ1n) is 12.2. The van der Waals surface area contributed by atoms with E-state index in [9.17, 15) is 9.59 Å². The lowest BCUT2D eigenvalue weighted by Gasteiger charge is -2.46. The van der Waals surface area contributed by atoms with Gasteiger partial charge < -0.3 is 9.64 Å². The molecule has 2 aliphatic rings. The third-order valence-electron chi connectivity index (χ3n) is 6.54. The average Bonchev–Trinajstić information content (AvgIpc) is 3.30. The van der Waals surface area contributed by atoms with Gasteiger partial charge in [-0.25, -0.2) is 0 Å². The third kappa shape index (κ3) is 4.69. The molecule has 4 rings (SSSR count). The van der Waals surface area contributed by atoms with Crippen LogP contribution in [-0.2, 0) is 9.59 Å². The Morgan fingerprint density at radius 1 is 1.08 bits per heavy atom. The molecule has 1 amide bonds. The Bertz CT molecular complexity index is 1290. The lowest BCUT2D eigenvalue weighted by molar-refractivity contribution is -0.122. The van der Waals surface area contributed by atoms with E-state index in [1.165, 1.54) is 11.8 Å². The molecule has 2 heterocycles. The average molecular weight is 538 g/mol. The van der Waals surface area contributed by atoms with Gasteiger partial charge in [-0.1, -0.05) is 79.9 Å². The molecule has 0 aromatic heterocycles. The zero-order valence-corrected chi connectivity index (χ0v) is 24.0. The number of Topliss-reactive ketones (excluding diaryl/α,β-unsaturated/α-hetero) is 1. The van der Waals surface area contributed by atoms with Crippen LogP contribution in [0, 0.1) is 5.92 Å².